The van der Waals surface area contributed by atoms with Crippen LogP contribution in [0.4, 0.5) is 0 Å². The maximum Gasteiger partial charge on any atom is 0.289 e. The van der Waals surface area contributed by atoms with Crippen LogP contribution in [-0.4, -0.2) is 55.5 Å². The van der Waals surface area contributed by atoms with Crippen LogP contribution in [0.5, 0.6) is 0 Å². The Morgan fingerprint density at radius 3 is 2.45 bits per heavy atom. The molecule has 0 saturated carbocycles. The van der Waals surface area contributed by atoms with Gasteiger partial charge < -0.3 is 9.32 Å². The number of nitrogens with zero attached hydrogens (tertiary/aromatic N) is 2. The molecule has 2 heterocycles. The Morgan fingerprint density at radius 2 is 1.95 bits per heavy atom. The molecular weight excluding hydrogens is 348 g/mol. The number of carbonyl (C=O) groups is 1. The van der Waals surface area contributed by atoms with Crippen molar-refractivity contribution in [1.82, 2.24) is 9.21 Å². The number of furan rings is 1. The van der Waals surface area contributed by atoms with Crippen LogP contribution in [-0.2, 0) is 10.0 Å². The van der Waals surface area contributed by atoms with Crippen LogP contribution in [0, 0.1) is 0 Å². The number of piperazine rings is 1. The zero-order chi connectivity index (χ0) is 14.8. The second kappa shape index (κ2) is 6.28. The molecule has 1 aliphatic rings. The highest BCUT2D eigenvalue weighted by molar-refractivity contribution is 9.10. The largest absolute Gasteiger partial charge is 0.444 e. The number of rotatable bonds is 4. The molecule has 1 amide bonds. The van der Waals surface area contributed by atoms with E-state index in [9.17, 15) is 13.2 Å². The van der Waals surface area contributed by atoms with E-state index in [4.69, 9.17) is 4.42 Å². The first-order valence-electron chi connectivity index (χ1n) is 6.46. The third-order valence-corrected chi connectivity index (χ3v) is 5.67. The van der Waals surface area contributed by atoms with Crippen molar-refractivity contribution in [1.29, 1.82) is 0 Å². The smallest absolute Gasteiger partial charge is 0.289 e. The first-order valence-corrected chi connectivity index (χ1v) is 8.86. The highest BCUT2D eigenvalue weighted by Gasteiger charge is 2.29. The third-order valence-electron chi connectivity index (χ3n) is 3.17. The van der Waals surface area contributed by atoms with Gasteiger partial charge in [0.1, 0.15) is 0 Å². The fourth-order valence-electron chi connectivity index (χ4n) is 2.14. The average Bonchev–Trinajstić information content (AvgIpc) is 2.85. The van der Waals surface area contributed by atoms with Crippen molar-refractivity contribution in [3.05, 3.63) is 22.6 Å². The topological polar surface area (TPSA) is 70.8 Å². The molecule has 0 unspecified atom stereocenters. The first kappa shape index (κ1) is 15.5. The Hall–Kier alpha value is -0.860. The van der Waals surface area contributed by atoms with Crippen LogP contribution in [0.25, 0.3) is 0 Å². The van der Waals surface area contributed by atoms with E-state index in [0.717, 1.165) is 0 Å². The Bertz CT molecular complexity index is 576. The third kappa shape index (κ3) is 3.42. The molecule has 1 aromatic heterocycles. The molecule has 112 valence electrons. The number of hydrogen-bond donors (Lipinski definition) is 0. The van der Waals surface area contributed by atoms with Gasteiger partial charge in [0.2, 0.25) is 10.0 Å². The van der Waals surface area contributed by atoms with Gasteiger partial charge in [-0.25, -0.2) is 8.42 Å². The second-order valence-electron chi connectivity index (χ2n) is 4.61. The van der Waals surface area contributed by atoms with Gasteiger partial charge in [0.15, 0.2) is 10.4 Å². The number of amides is 1. The summed E-state index contributed by atoms with van der Waals surface area (Å²) in [4.78, 5) is 13.8. The van der Waals surface area contributed by atoms with Crippen molar-refractivity contribution in [2.75, 3.05) is 31.9 Å². The Kier molecular flexibility index (Phi) is 4.87. The highest BCUT2D eigenvalue weighted by atomic mass is 79.9. The van der Waals surface area contributed by atoms with Gasteiger partial charge in [0.25, 0.3) is 5.91 Å². The van der Waals surface area contributed by atoms with Crippen LogP contribution in [0.1, 0.15) is 23.9 Å². The molecule has 1 saturated heterocycles. The van der Waals surface area contributed by atoms with E-state index < -0.39 is 10.0 Å². The standard InChI is InChI=1S/C12H17BrN2O4S/c1-2-9-20(17,18)15-7-5-14(6-8-15)12(16)10-3-4-11(13)19-10/h3-4H,2,5-9H2,1H3. The van der Waals surface area contributed by atoms with Crippen molar-refractivity contribution in [2.24, 2.45) is 0 Å². The molecule has 20 heavy (non-hydrogen) atoms. The second-order valence-corrected chi connectivity index (χ2v) is 7.48. The molecule has 0 N–H and O–H groups in total. The van der Waals surface area contributed by atoms with E-state index in [1.165, 1.54) is 4.31 Å². The maximum atomic E-state index is 12.1. The van der Waals surface area contributed by atoms with Gasteiger partial charge in [0.05, 0.1) is 5.75 Å². The summed E-state index contributed by atoms with van der Waals surface area (Å²) in [5.74, 6) is 0.219. The number of hydrogen-bond acceptors (Lipinski definition) is 4. The summed E-state index contributed by atoms with van der Waals surface area (Å²) < 4.78 is 31.1. The van der Waals surface area contributed by atoms with Gasteiger partial charge >= 0.3 is 0 Å². The van der Waals surface area contributed by atoms with Crippen LogP contribution in [0.3, 0.4) is 0 Å². The summed E-state index contributed by atoms with van der Waals surface area (Å²) >= 11 is 3.15. The van der Waals surface area contributed by atoms with Gasteiger partial charge in [0, 0.05) is 26.2 Å². The molecule has 6 nitrogen and oxygen atoms in total. The predicted octanol–water partition coefficient (Wildman–Crippen LogP) is 1.54. The van der Waals surface area contributed by atoms with Crippen LogP contribution in [0.2, 0.25) is 0 Å². The molecule has 0 aromatic carbocycles. The fourth-order valence-corrected chi connectivity index (χ4v) is 3.94. The minimum Gasteiger partial charge on any atom is -0.444 e. The van der Waals surface area contributed by atoms with E-state index in [-0.39, 0.29) is 17.4 Å². The van der Waals surface area contributed by atoms with Gasteiger partial charge in [-0.15, -0.1) is 0 Å². The highest BCUT2D eigenvalue weighted by Crippen LogP contribution is 2.17. The van der Waals surface area contributed by atoms with Crippen molar-refractivity contribution in [3.8, 4) is 0 Å². The quantitative estimate of drug-likeness (QED) is 0.812. The lowest BCUT2D eigenvalue weighted by atomic mass is 10.3. The van der Waals surface area contributed by atoms with E-state index >= 15 is 0 Å². The van der Waals surface area contributed by atoms with Gasteiger partial charge in [-0.3, -0.25) is 4.79 Å². The molecule has 1 fully saturated rings. The fraction of sp³-hybridized carbons (Fsp3) is 0.583. The summed E-state index contributed by atoms with van der Waals surface area (Å²) in [6.07, 6.45) is 0.599. The normalized spacial score (nSPS) is 17.4. The molecule has 1 aromatic rings. The number of sulfonamides is 1. The SMILES string of the molecule is CCCS(=O)(=O)N1CCN(C(=O)c2ccc(Br)o2)CC1. The lowest BCUT2D eigenvalue weighted by Crippen LogP contribution is -2.50. The molecule has 0 atom stereocenters. The average molecular weight is 365 g/mol. The summed E-state index contributed by atoms with van der Waals surface area (Å²) in [5, 5.41) is 0. The van der Waals surface area contributed by atoms with Crippen LogP contribution in [0.15, 0.2) is 21.2 Å². The van der Waals surface area contributed by atoms with Crippen LogP contribution < -0.4 is 0 Å². The molecule has 1 aliphatic heterocycles. The van der Waals surface area contributed by atoms with E-state index in [1.807, 2.05) is 6.92 Å². The molecular formula is C12H17BrN2O4S. The Labute approximate surface area is 126 Å². The van der Waals surface area contributed by atoms with Crippen molar-refractivity contribution in [2.45, 2.75) is 13.3 Å². The lowest BCUT2D eigenvalue weighted by Gasteiger charge is -2.33. The lowest BCUT2D eigenvalue weighted by molar-refractivity contribution is 0.0664. The summed E-state index contributed by atoms with van der Waals surface area (Å²) in [6, 6.07) is 3.27. The van der Waals surface area contributed by atoms with Crippen molar-refractivity contribution >= 4 is 31.9 Å². The minimum absolute atomic E-state index is 0.159. The van der Waals surface area contributed by atoms with Gasteiger partial charge in [-0.2, -0.15) is 4.31 Å². The van der Waals surface area contributed by atoms with E-state index in [2.05, 4.69) is 15.9 Å². The van der Waals surface area contributed by atoms with E-state index in [1.54, 1.807) is 17.0 Å². The molecule has 8 heteroatoms. The zero-order valence-electron chi connectivity index (χ0n) is 11.2. The van der Waals surface area contributed by atoms with Crippen LogP contribution >= 0.6 is 15.9 Å². The molecule has 2 rings (SSSR count). The molecule has 0 spiro atoms. The molecule has 0 aliphatic carbocycles. The predicted molar refractivity (Wildman–Crippen MR) is 78.0 cm³/mol. The summed E-state index contributed by atoms with van der Waals surface area (Å²) in [6.45, 7) is 3.30. The maximum absolute atomic E-state index is 12.1. The number of carbonyl (C=O) groups excluding carboxylic acids is 1. The summed E-state index contributed by atoms with van der Waals surface area (Å²) in [7, 11) is -3.18. The van der Waals surface area contributed by atoms with Crippen molar-refractivity contribution in [3.63, 3.8) is 0 Å². The van der Waals surface area contributed by atoms with Gasteiger partial charge in [-0.1, -0.05) is 6.92 Å². The molecule has 0 radical (unpaired) electrons. The zero-order valence-corrected chi connectivity index (χ0v) is 13.6. The minimum atomic E-state index is -3.18. The van der Waals surface area contributed by atoms with Crippen molar-refractivity contribution < 1.29 is 17.6 Å². The summed E-state index contributed by atoms with van der Waals surface area (Å²) in [5.41, 5.74) is 0. The van der Waals surface area contributed by atoms with E-state index in [0.29, 0.717) is 37.3 Å². The Morgan fingerprint density at radius 1 is 1.30 bits per heavy atom. The molecule has 0 bridgehead atoms. The monoisotopic (exact) mass is 364 g/mol. The first-order chi connectivity index (χ1) is 9.44. The number of halogens is 1. The Balaban J connectivity index is 1.96. The van der Waals surface area contributed by atoms with Gasteiger partial charge in [-0.05, 0) is 34.5 Å².